The molecule has 1 aliphatic heterocycles. The molecule has 1 unspecified atom stereocenters. The number of aliphatic hydroxyl groups is 1. The zero-order chi connectivity index (χ0) is 14.6. The third kappa shape index (κ3) is 3.38. The molecule has 5 nitrogen and oxygen atoms in total. The molecule has 1 heterocycles. The molecule has 1 aliphatic rings. The van der Waals surface area contributed by atoms with Crippen molar-refractivity contribution in [3.05, 3.63) is 35.9 Å². The van der Waals surface area contributed by atoms with Gasteiger partial charge in [-0.1, -0.05) is 36.8 Å². The van der Waals surface area contributed by atoms with E-state index in [9.17, 15) is 13.5 Å². The summed E-state index contributed by atoms with van der Waals surface area (Å²) in [6.07, 6.45) is 2.85. The lowest BCUT2D eigenvalue weighted by molar-refractivity contribution is 0.192. The standard InChI is InChI=1S/C14H22N2O3S/c1-14(12-17,13-8-4-2-5-9-13)15-20(18,19)16-10-6-3-7-11-16/h2,4-5,8-9,15,17H,3,6-7,10-12H2,1H3. The summed E-state index contributed by atoms with van der Waals surface area (Å²) in [5.41, 5.74) is -0.250. The molecule has 1 aromatic carbocycles. The number of hydrogen-bond donors (Lipinski definition) is 2. The van der Waals surface area contributed by atoms with Gasteiger partial charge in [0.1, 0.15) is 0 Å². The maximum Gasteiger partial charge on any atom is 0.280 e. The number of nitrogens with one attached hydrogen (secondary N) is 1. The molecule has 1 saturated heterocycles. The minimum Gasteiger partial charge on any atom is -0.394 e. The zero-order valence-electron chi connectivity index (χ0n) is 11.7. The van der Waals surface area contributed by atoms with Gasteiger partial charge in [0.05, 0.1) is 12.1 Å². The Balaban J connectivity index is 2.20. The fraction of sp³-hybridized carbons (Fsp3) is 0.571. The van der Waals surface area contributed by atoms with Crippen LogP contribution in [-0.2, 0) is 15.7 Å². The number of nitrogens with zero attached hydrogens (tertiary/aromatic N) is 1. The van der Waals surface area contributed by atoms with Gasteiger partial charge in [-0.25, -0.2) is 0 Å². The van der Waals surface area contributed by atoms with E-state index in [4.69, 9.17) is 0 Å². The van der Waals surface area contributed by atoms with E-state index in [0.717, 1.165) is 24.8 Å². The van der Waals surface area contributed by atoms with Crippen molar-refractivity contribution in [3.8, 4) is 0 Å². The minimum atomic E-state index is -3.58. The molecule has 6 heteroatoms. The van der Waals surface area contributed by atoms with Gasteiger partial charge in [-0.3, -0.25) is 0 Å². The Hall–Kier alpha value is -0.950. The molecule has 2 rings (SSSR count). The third-order valence-electron chi connectivity index (χ3n) is 3.74. The average molecular weight is 298 g/mol. The van der Waals surface area contributed by atoms with E-state index in [0.29, 0.717) is 13.1 Å². The first-order valence-electron chi connectivity index (χ1n) is 6.93. The number of hydrogen-bond acceptors (Lipinski definition) is 3. The molecular weight excluding hydrogens is 276 g/mol. The van der Waals surface area contributed by atoms with Gasteiger partial charge in [0.15, 0.2) is 0 Å². The van der Waals surface area contributed by atoms with Crippen molar-refractivity contribution in [1.82, 2.24) is 9.03 Å². The molecule has 0 bridgehead atoms. The lowest BCUT2D eigenvalue weighted by Crippen LogP contribution is -2.53. The van der Waals surface area contributed by atoms with Crippen molar-refractivity contribution in [2.24, 2.45) is 0 Å². The van der Waals surface area contributed by atoms with E-state index in [1.807, 2.05) is 30.3 Å². The summed E-state index contributed by atoms with van der Waals surface area (Å²) >= 11 is 0. The van der Waals surface area contributed by atoms with Crippen LogP contribution in [0.4, 0.5) is 0 Å². The second-order valence-corrected chi connectivity index (χ2v) is 7.09. The smallest absolute Gasteiger partial charge is 0.280 e. The highest BCUT2D eigenvalue weighted by atomic mass is 32.2. The second kappa shape index (κ2) is 6.22. The lowest BCUT2D eigenvalue weighted by atomic mass is 9.94. The molecule has 0 spiro atoms. The number of benzene rings is 1. The summed E-state index contributed by atoms with van der Waals surface area (Å²) in [4.78, 5) is 0. The van der Waals surface area contributed by atoms with Crippen LogP contribution in [0.25, 0.3) is 0 Å². The van der Waals surface area contributed by atoms with Crippen LogP contribution in [0.3, 0.4) is 0 Å². The average Bonchev–Trinajstić information content (AvgIpc) is 2.48. The highest BCUT2D eigenvalue weighted by Crippen LogP contribution is 2.23. The van der Waals surface area contributed by atoms with Crippen molar-refractivity contribution in [2.45, 2.75) is 31.7 Å². The van der Waals surface area contributed by atoms with Crippen molar-refractivity contribution in [1.29, 1.82) is 0 Å². The van der Waals surface area contributed by atoms with Crippen LogP contribution in [0.15, 0.2) is 30.3 Å². The molecule has 1 atom stereocenters. The Morgan fingerprint density at radius 3 is 2.35 bits per heavy atom. The van der Waals surface area contributed by atoms with Crippen molar-refractivity contribution < 1.29 is 13.5 Å². The second-order valence-electron chi connectivity index (χ2n) is 5.42. The molecule has 0 aromatic heterocycles. The van der Waals surface area contributed by atoms with Crippen LogP contribution >= 0.6 is 0 Å². The maximum atomic E-state index is 12.4. The first kappa shape index (κ1) is 15.4. The summed E-state index contributed by atoms with van der Waals surface area (Å²) in [5.74, 6) is 0. The molecule has 0 saturated carbocycles. The Morgan fingerprint density at radius 2 is 1.80 bits per heavy atom. The van der Waals surface area contributed by atoms with Gasteiger partial charge in [-0.05, 0) is 25.3 Å². The van der Waals surface area contributed by atoms with E-state index < -0.39 is 15.7 Å². The van der Waals surface area contributed by atoms with Gasteiger partial charge in [-0.15, -0.1) is 0 Å². The van der Waals surface area contributed by atoms with Gasteiger partial charge in [0, 0.05) is 13.1 Å². The molecule has 0 amide bonds. The topological polar surface area (TPSA) is 69.6 Å². The van der Waals surface area contributed by atoms with Crippen LogP contribution < -0.4 is 4.72 Å². The lowest BCUT2D eigenvalue weighted by Gasteiger charge is -2.33. The summed E-state index contributed by atoms with van der Waals surface area (Å²) < 4.78 is 29.0. The SMILES string of the molecule is CC(CO)(NS(=O)(=O)N1CCCCC1)c1ccccc1. The number of piperidine rings is 1. The Kier molecular flexibility index (Phi) is 4.80. The van der Waals surface area contributed by atoms with Crippen LogP contribution in [0.5, 0.6) is 0 Å². The zero-order valence-corrected chi connectivity index (χ0v) is 12.6. The minimum absolute atomic E-state index is 0.288. The van der Waals surface area contributed by atoms with E-state index in [1.165, 1.54) is 4.31 Å². The molecule has 20 heavy (non-hydrogen) atoms. The van der Waals surface area contributed by atoms with Gasteiger partial charge in [0.2, 0.25) is 0 Å². The quantitative estimate of drug-likeness (QED) is 0.858. The molecule has 2 N–H and O–H groups in total. The molecular formula is C14H22N2O3S. The largest absolute Gasteiger partial charge is 0.394 e. The summed E-state index contributed by atoms with van der Waals surface area (Å²) in [6, 6.07) is 9.15. The van der Waals surface area contributed by atoms with Crippen molar-refractivity contribution >= 4 is 10.2 Å². The highest BCUT2D eigenvalue weighted by molar-refractivity contribution is 7.87. The monoisotopic (exact) mass is 298 g/mol. The van der Waals surface area contributed by atoms with E-state index in [1.54, 1.807) is 6.92 Å². The summed E-state index contributed by atoms with van der Waals surface area (Å²) in [5, 5.41) is 9.65. The predicted octanol–water partition coefficient (Wildman–Crippen LogP) is 1.21. The van der Waals surface area contributed by atoms with Gasteiger partial charge >= 0.3 is 0 Å². The Bertz CT molecular complexity index is 527. The number of aliphatic hydroxyl groups excluding tert-OH is 1. The molecule has 0 radical (unpaired) electrons. The van der Waals surface area contributed by atoms with Gasteiger partial charge in [0.25, 0.3) is 10.2 Å². The van der Waals surface area contributed by atoms with E-state index >= 15 is 0 Å². The number of rotatable bonds is 5. The Morgan fingerprint density at radius 1 is 1.20 bits per heavy atom. The van der Waals surface area contributed by atoms with Crippen molar-refractivity contribution in [2.75, 3.05) is 19.7 Å². The van der Waals surface area contributed by atoms with Crippen molar-refractivity contribution in [3.63, 3.8) is 0 Å². The maximum absolute atomic E-state index is 12.4. The summed E-state index contributed by atoms with van der Waals surface area (Å²) in [7, 11) is -3.58. The molecule has 1 aromatic rings. The molecule has 1 fully saturated rings. The van der Waals surface area contributed by atoms with Crippen LogP contribution in [-0.4, -0.2) is 37.5 Å². The summed E-state index contributed by atoms with van der Waals surface area (Å²) in [6.45, 7) is 2.51. The first-order valence-corrected chi connectivity index (χ1v) is 8.37. The van der Waals surface area contributed by atoms with Crippen LogP contribution in [0.1, 0.15) is 31.7 Å². The van der Waals surface area contributed by atoms with Crippen LogP contribution in [0, 0.1) is 0 Å². The molecule has 0 aliphatic carbocycles. The predicted molar refractivity (Wildman–Crippen MR) is 78.4 cm³/mol. The van der Waals surface area contributed by atoms with Crippen LogP contribution in [0.2, 0.25) is 0 Å². The van der Waals surface area contributed by atoms with Gasteiger partial charge in [-0.2, -0.15) is 17.4 Å². The fourth-order valence-electron chi connectivity index (χ4n) is 2.44. The fourth-order valence-corrected chi connectivity index (χ4v) is 4.06. The highest BCUT2D eigenvalue weighted by Gasteiger charge is 2.34. The van der Waals surface area contributed by atoms with E-state index in [2.05, 4.69) is 4.72 Å². The first-order chi connectivity index (χ1) is 9.48. The van der Waals surface area contributed by atoms with Gasteiger partial charge < -0.3 is 5.11 Å². The normalized spacial score (nSPS) is 20.5. The Labute approximate surface area is 120 Å². The van der Waals surface area contributed by atoms with E-state index in [-0.39, 0.29) is 6.61 Å². The molecule has 112 valence electrons. The third-order valence-corrected chi connectivity index (χ3v) is 5.49.